The summed E-state index contributed by atoms with van der Waals surface area (Å²) in [4.78, 5) is 14.1. The lowest BCUT2D eigenvalue weighted by Gasteiger charge is -2.20. The first-order chi connectivity index (χ1) is 7.91. The van der Waals surface area contributed by atoms with Gasteiger partial charge >= 0.3 is 0 Å². The molecule has 2 nitrogen and oxygen atoms in total. The second-order valence-corrected chi connectivity index (χ2v) is 5.20. The van der Waals surface area contributed by atoms with Gasteiger partial charge in [-0.3, -0.25) is 4.79 Å². The third-order valence-electron chi connectivity index (χ3n) is 2.85. The molecule has 0 unspecified atom stereocenters. The number of terminal acetylenes is 1. The molecule has 0 bridgehead atoms. The molecule has 1 aromatic carbocycles. The van der Waals surface area contributed by atoms with E-state index in [1.165, 1.54) is 11.6 Å². The number of fused-ring (bicyclic) bond motifs is 1. The van der Waals surface area contributed by atoms with Crippen LogP contribution in [0.25, 0.3) is 10.9 Å². The number of benzene rings is 1. The largest absolute Gasteiger partial charge is 0.321 e. The monoisotopic (exact) mass is 225 g/mol. The zero-order valence-corrected chi connectivity index (χ0v) is 10.3. The Balaban J connectivity index is 2.86. The van der Waals surface area contributed by atoms with Crippen LogP contribution in [0, 0.1) is 12.3 Å². The van der Waals surface area contributed by atoms with Gasteiger partial charge in [0.05, 0.1) is 5.52 Å². The van der Waals surface area contributed by atoms with Crippen molar-refractivity contribution in [2.75, 3.05) is 0 Å². The molecule has 0 aliphatic rings. The van der Waals surface area contributed by atoms with Crippen molar-refractivity contribution in [3.63, 3.8) is 0 Å². The SMILES string of the molecule is C#Cc1cc(C(C)(C)C)cc2ccc(=O)[nH]c12. The van der Waals surface area contributed by atoms with Gasteiger partial charge in [0, 0.05) is 11.6 Å². The second kappa shape index (κ2) is 3.78. The topological polar surface area (TPSA) is 32.9 Å². The zero-order chi connectivity index (χ0) is 12.6. The van der Waals surface area contributed by atoms with E-state index in [1.807, 2.05) is 12.1 Å². The van der Waals surface area contributed by atoms with E-state index in [4.69, 9.17) is 6.42 Å². The molecule has 0 amide bonds. The Morgan fingerprint density at radius 1 is 1.24 bits per heavy atom. The second-order valence-electron chi connectivity index (χ2n) is 5.20. The standard InChI is InChI=1S/C15H15NO/c1-5-10-8-12(15(2,3)4)9-11-6-7-13(17)16-14(10)11/h1,6-9H,2-4H3,(H,16,17). The number of aromatic nitrogens is 1. The van der Waals surface area contributed by atoms with Gasteiger partial charge in [0.25, 0.3) is 0 Å². The molecule has 0 aliphatic carbocycles. The van der Waals surface area contributed by atoms with Gasteiger partial charge in [-0.15, -0.1) is 6.42 Å². The van der Waals surface area contributed by atoms with E-state index in [0.717, 1.165) is 16.5 Å². The minimum atomic E-state index is -0.127. The van der Waals surface area contributed by atoms with Crippen molar-refractivity contribution < 1.29 is 0 Å². The summed E-state index contributed by atoms with van der Waals surface area (Å²) in [5.74, 6) is 2.64. The Labute approximate surface area is 101 Å². The summed E-state index contributed by atoms with van der Waals surface area (Å²) in [7, 11) is 0. The minimum absolute atomic E-state index is 0.0376. The first-order valence-electron chi connectivity index (χ1n) is 5.56. The number of pyridine rings is 1. The molecule has 2 rings (SSSR count). The molecule has 0 spiro atoms. The molecule has 2 aromatic rings. The smallest absolute Gasteiger partial charge is 0.248 e. The Hall–Kier alpha value is -2.01. The fourth-order valence-corrected chi connectivity index (χ4v) is 1.81. The van der Waals surface area contributed by atoms with Crippen LogP contribution in [0.5, 0.6) is 0 Å². The average Bonchev–Trinajstić information content (AvgIpc) is 2.26. The normalized spacial score (nSPS) is 11.4. The Morgan fingerprint density at radius 3 is 2.53 bits per heavy atom. The summed E-state index contributed by atoms with van der Waals surface area (Å²) < 4.78 is 0. The van der Waals surface area contributed by atoms with Crippen LogP contribution >= 0.6 is 0 Å². The molecule has 0 saturated heterocycles. The first-order valence-corrected chi connectivity index (χ1v) is 5.56. The lowest BCUT2D eigenvalue weighted by Crippen LogP contribution is -2.12. The molecule has 86 valence electrons. The van der Waals surface area contributed by atoms with Crippen LogP contribution in [0.15, 0.2) is 29.1 Å². The number of nitrogens with one attached hydrogen (secondary N) is 1. The molecule has 0 aliphatic heterocycles. The van der Waals surface area contributed by atoms with Crippen molar-refractivity contribution in [3.05, 3.63) is 45.7 Å². The van der Waals surface area contributed by atoms with Gasteiger partial charge in [-0.25, -0.2) is 0 Å². The summed E-state index contributed by atoms with van der Waals surface area (Å²) in [6, 6.07) is 7.38. The van der Waals surface area contributed by atoms with Crippen molar-refractivity contribution in [2.24, 2.45) is 0 Å². The van der Waals surface area contributed by atoms with Crippen molar-refractivity contribution in [3.8, 4) is 12.3 Å². The van der Waals surface area contributed by atoms with E-state index in [-0.39, 0.29) is 11.0 Å². The molecule has 1 N–H and O–H groups in total. The summed E-state index contributed by atoms with van der Waals surface area (Å²) >= 11 is 0. The zero-order valence-electron chi connectivity index (χ0n) is 10.3. The molecule has 0 radical (unpaired) electrons. The van der Waals surface area contributed by atoms with Crippen LogP contribution in [0.4, 0.5) is 0 Å². The molecule has 0 fully saturated rings. The van der Waals surface area contributed by atoms with Crippen molar-refractivity contribution in [2.45, 2.75) is 26.2 Å². The molecule has 1 heterocycles. The van der Waals surface area contributed by atoms with E-state index >= 15 is 0 Å². The van der Waals surface area contributed by atoms with E-state index in [9.17, 15) is 4.79 Å². The van der Waals surface area contributed by atoms with Crippen molar-refractivity contribution >= 4 is 10.9 Å². The highest BCUT2D eigenvalue weighted by Gasteiger charge is 2.15. The average molecular weight is 225 g/mol. The van der Waals surface area contributed by atoms with E-state index < -0.39 is 0 Å². The third-order valence-corrected chi connectivity index (χ3v) is 2.85. The molecule has 0 atom stereocenters. The van der Waals surface area contributed by atoms with Crippen molar-refractivity contribution in [1.82, 2.24) is 4.98 Å². The molecule has 17 heavy (non-hydrogen) atoms. The quantitative estimate of drug-likeness (QED) is 0.687. The Morgan fingerprint density at radius 2 is 1.94 bits per heavy atom. The summed E-state index contributed by atoms with van der Waals surface area (Å²) in [5.41, 5.74) is 2.57. The number of hydrogen-bond donors (Lipinski definition) is 1. The Bertz CT molecular complexity index is 666. The number of H-pyrrole nitrogens is 1. The van der Waals surface area contributed by atoms with Crippen LogP contribution in [-0.4, -0.2) is 4.98 Å². The maximum Gasteiger partial charge on any atom is 0.248 e. The van der Waals surface area contributed by atoms with Gasteiger partial charge in [-0.1, -0.05) is 26.7 Å². The fourth-order valence-electron chi connectivity index (χ4n) is 1.81. The number of rotatable bonds is 0. The fraction of sp³-hybridized carbons (Fsp3) is 0.267. The highest BCUT2D eigenvalue weighted by atomic mass is 16.1. The summed E-state index contributed by atoms with van der Waals surface area (Å²) in [5, 5.41) is 0.977. The van der Waals surface area contributed by atoms with Gasteiger partial charge < -0.3 is 4.98 Å². The summed E-state index contributed by atoms with van der Waals surface area (Å²) in [6.45, 7) is 6.42. The van der Waals surface area contributed by atoms with Crippen molar-refractivity contribution in [1.29, 1.82) is 0 Å². The number of aromatic amines is 1. The highest BCUT2D eigenvalue weighted by Crippen LogP contribution is 2.27. The van der Waals surface area contributed by atoms with Gasteiger partial charge in [0.1, 0.15) is 0 Å². The molecule has 0 saturated carbocycles. The predicted molar refractivity (Wildman–Crippen MR) is 71.2 cm³/mol. The van der Waals surface area contributed by atoms with Crippen LogP contribution in [0.1, 0.15) is 31.9 Å². The van der Waals surface area contributed by atoms with Crippen LogP contribution < -0.4 is 5.56 Å². The van der Waals surface area contributed by atoms with E-state index in [2.05, 4.69) is 37.7 Å². The van der Waals surface area contributed by atoms with Crippen LogP contribution in [0.3, 0.4) is 0 Å². The maximum absolute atomic E-state index is 11.3. The molecular formula is C15H15NO. The van der Waals surface area contributed by atoms with E-state index in [1.54, 1.807) is 0 Å². The Kier molecular flexibility index (Phi) is 2.55. The van der Waals surface area contributed by atoms with Gasteiger partial charge in [-0.2, -0.15) is 0 Å². The molecular weight excluding hydrogens is 210 g/mol. The van der Waals surface area contributed by atoms with Gasteiger partial charge in [0.2, 0.25) is 5.56 Å². The molecule has 1 aromatic heterocycles. The molecule has 2 heteroatoms. The van der Waals surface area contributed by atoms with Gasteiger partial charge in [-0.05, 0) is 34.6 Å². The lowest BCUT2D eigenvalue weighted by molar-refractivity contribution is 0.591. The maximum atomic E-state index is 11.3. The van der Waals surface area contributed by atoms with Crippen LogP contribution in [-0.2, 0) is 5.41 Å². The van der Waals surface area contributed by atoms with Crippen LogP contribution in [0.2, 0.25) is 0 Å². The number of hydrogen-bond acceptors (Lipinski definition) is 1. The first kappa shape index (κ1) is 11.5. The van der Waals surface area contributed by atoms with Gasteiger partial charge in [0.15, 0.2) is 0 Å². The predicted octanol–water partition coefficient (Wildman–Crippen LogP) is 2.81. The van der Waals surface area contributed by atoms with E-state index in [0.29, 0.717) is 0 Å². The lowest BCUT2D eigenvalue weighted by atomic mass is 9.85. The minimum Gasteiger partial charge on any atom is -0.321 e. The highest BCUT2D eigenvalue weighted by molar-refractivity contribution is 5.85. The third kappa shape index (κ3) is 2.09. The summed E-state index contributed by atoms with van der Waals surface area (Å²) in [6.07, 6.45) is 5.51.